The zero-order valence-corrected chi connectivity index (χ0v) is 18.1. The number of amides is 2. The molecule has 6 nitrogen and oxygen atoms in total. The second-order valence-corrected chi connectivity index (χ2v) is 8.06. The third-order valence-corrected chi connectivity index (χ3v) is 5.99. The van der Waals surface area contributed by atoms with Crippen LogP contribution in [0.15, 0.2) is 48.5 Å². The van der Waals surface area contributed by atoms with Crippen LogP contribution in [-0.4, -0.2) is 60.5 Å². The van der Waals surface area contributed by atoms with Gasteiger partial charge < -0.3 is 19.3 Å². The van der Waals surface area contributed by atoms with Gasteiger partial charge in [0.15, 0.2) is 0 Å². The monoisotopic (exact) mass is 422 g/mol. The molecule has 0 spiro atoms. The first-order chi connectivity index (χ1) is 15.2. The highest BCUT2D eigenvalue weighted by atomic mass is 16.5. The van der Waals surface area contributed by atoms with E-state index in [9.17, 15) is 9.59 Å². The van der Waals surface area contributed by atoms with Gasteiger partial charge in [-0.3, -0.25) is 9.59 Å². The maximum atomic E-state index is 13.2. The number of likely N-dealkylation sites (tertiary alicyclic amines) is 2. The average Bonchev–Trinajstić information content (AvgIpc) is 3.50. The zero-order valence-electron chi connectivity index (χ0n) is 18.1. The molecule has 0 bridgehead atoms. The third kappa shape index (κ3) is 4.84. The van der Waals surface area contributed by atoms with Gasteiger partial charge in [0.05, 0.1) is 18.2 Å². The predicted molar refractivity (Wildman–Crippen MR) is 119 cm³/mol. The smallest absolute Gasteiger partial charge is 0.257 e. The van der Waals surface area contributed by atoms with Gasteiger partial charge in [0.1, 0.15) is 18.1 Å². The van der Waals surface area contributed by atoms with Crippen molar-refractivity contribution in [1.29, 1.82) is 0 Å². The summed E-state index contributed by atoms with van der Waals surface area (Å²) in [5, 5.41) is 0. The molecule has 31 heavy (non-hydrogen) atoms. The summed E-state index contributed by atoms with van der Waals surface area (Å²) >= 11 is 0. The zero-order chi connectivity index (χ0) is 21.6. The van der Waals surface area contributed by atoms with E-state index in [0.717, 1.165) is 45.3 Å². The molecule has 0 aliphatic carbocycles. The van der Waals surface area contributed by atoms with Gasteiger partial charge in [-0.2, -0.15) is 0 Å². The molecular weight excluding hydrogens is 392 g/mol. The maximum Gasteiger partial charge on any atom is 0.257 e. The SMILES string of the molecule is CCOc1ccccc1C(=O)N1CCCC1COc1ccc(C(=O)N2CCCC2)cc1. The quantitative estimate of drug-likeness (QED) is 0.677. The Morgan fingerprint density at radius 3 is 2.39 bits per heavy atom. The molecule has 2 aromatic rings. The van der Waals surface area contributed by atoms with Gasteiger partial charge in [-0.05, 0) is 69.0 Å². The molecule has 0 radical (unpaired) electrons. The molecule has 2 fully saturated rings. The molecule has 2 aliphatic rings. The summed E-state index contributed by atoms with van der Waals surface area (Å²) in [7, 11) is 0. The molecule has 6 heteroatoms. The molecular formula is C25H30N2O4. The van der Waals surface area contributed by atoms with Crippen molar-refractivity contribution in [2.24, 2.45) is 0 Å². The number of para-hydroxylation sites is 1. The van der Waals surface area contributed by atoms with Gasteiger partial charge in [-0.25, -0.2) is 0 Å². The standard InChI is InChI=1S/C25H30N2O4/c1-2-30-23-10-4-3-9-22(23)25(29)27-17-7-8-20(27)18-31-21-13-11-19(12-14-21)24(28)26-15-5-6-16-26/h3-4,9-14,20H,2,5-8,15-18H2,1H3. The highest BCUT2D eigenvalue weighted by Crippen LogP contribution is 2.26. The fourth-order valence-corrected chi connectivity index (χ4v) is 4.34. The number of ether oxygens (including phenoxy) is 2. The Morgan fingerprint density at radius 2 is 1.65 bits per heavy atom. The molecule has 2 aliphatic heterocycles. The van der Waals surface area contributed by atoms with Crippen molar-refractivity contribution in [2.75, 3.05) is 32.8 Å². The normalized spacial score (nSPS) is 18.3. The van der Waals surface area contributed by atoms with Gasteiger partial charge in [0.2, 0.25) is 0 Å². The van der Waals surface area contributed by atoms with Crippen LogP contribution in [0.2, 0.25) is 0 Å². The van der Waals surface area contributed by atoms with Crippen LogP contribution in [-0.2, 0) is 0 Å². The topological polar surface area (TPSA) is 59.1 Å². The van der Waals surface area contributed by atoms with E-state index in [4.69, 9.17) is 9.47 Å². The molecule has 0 aromatic heterocycles. The first-order valence-electron chi connectivity index (χ1n) is 11.2. The Bertz CT molecular complexity index is 906. The molecule has 4 rings (SSSR count). The minimum Gasteiger partial charge on any atom is -0.493 e. The van der Waals surface area contributed by atoms with Gasteiger partial charge in [0, 0.05) is 25.2 Å². The molecule has 0 saturated carbocycles. The Morgan fingerprint density at radius 1 is 0.903 bits per heavy atom. The highest BCUT2D eigenvalue weighted by Gasteiger charge is 2.31. The summed E-state index contributed by atoms with van der Waals surface area (Å²) in [6.07, 6.45) is 4.03. The van der Waals surface area contributed by atoms with Crippen LogP contribution in [0.5, 0.6) is 11.5 Å². The Balaban J connectivity index is 1.37. The van der Waals surface area contributed by atoms with Crippen molar-refractivity contribution in [2.45, 2.75) is 38.6 Å². The van der Waals surface area contributed by atoms with Crippen molar-refractivity contribution in [3.8, 4) is 11.5 Å². The number of rotatable bonds is 7. The van der Waals surface area contributed by atoms with Gasteiger partial charge in [0.25, 0.3) is 11.8 Å². The highest BCUT2D eigenvalue weighted by molar-refractivity contribution is 5.97. The first-order valence-corrected chi connectivity index (χ1v) is 11.2. The van der Waals surface area contributed by atoms with E-state index in [1.165, 1.54) is 0 Å². The summed E-state index contributed by atoms with van der Waals surface area (Å²) in [5.74, 6) is 1.41. The van der Waals surface area contributed by atoms with Gasteiger partial charge in [-0.1, -0.05) is 12.1 Å². The lowest BCUT2D eigenvalue weighted by Crippen LogP contribution is -2.39. The number of benzene rings is 2. The van der Waals surface area contributed by atoms with Crippen LogP contribution in [0.3, 0.4) is 0 Å². The van der Waals surface area contributed by atoms with Crippen molar-refractivity contribution in [3.05, 3.63) is 59.7 Å². The van der Waals surface area contributed by atoms with E-state index in [-0.39, 0.29) is 17.9 Å². The molecule has 164 valence electrons. The second kappa shape index (κ2) is 9.86. The van der Waals surface area contributed by atoms with Crippen molar-refractivity contribution in [1.82, 2.24) is 9.80 Å². The minimum absolute atomic E-state index is 0.0123. The lowest BCUT2D eigenvalue weighted by atomic mass is 10.1. The number of carbonyl (C=O) groups excluding carboxylic acids is 2. The Kier molecular flexibility index (Phi) is 6.75. The fourth-order valence-electron chi connectivity index (χ4n) is 4.34. The van der Waals surface area contributed by atoms with Crippen LogP contribution in [0.4, 0.5) is 0 Å². The third-order valence-electron chi connectivity index (χ3n) is 5.99. The average molecular weight is 423 g/mol. The van der Waals surface area contributed by atoms with E-state index >= 15 is 0 Å². The lowest BCUT2D eigenvalue weighted by molar-refractivity contribution is 0.0686. The lowest BCUT2D eigenvalue weighted by Gasteiger charge is -2.25. The van der Waals surface area contributed by atoms with E-state index in [2.05, 4.69) is 0 Å². The first kappa shape index (κ1) is 21.2. The van der Waals surface area contributed by atoms with Crippen LogP contribution in [0.1, 0.15) is 53.3 Å². The molecule has 2 heterocycles. The van der Waals surface area contributed by atoms with E-state index in [0.29, 0.717) is 35.8 Å². The summed E-state index contributed by atoms with van der Waals surface area (Å²) < 4.78 is 11.6. The van der Waals surface area contributed by atoms with Crippen molar-refractivity contribution >= 4 is 11.8 Å². The van der Waals surface area contributed by atoms with Gasteiger partial charge in [-0.15, -0.1) is 0 Å². The fraction of sp³-hybridized carbons (Fsp3) is 0.440. The molecule has 1 unspecified atom stereocenters. The number of hydrogen-bond acceptors (Lipinski definition) is 4. The van der Waals surface area contributed by atoms with E-state index in [1.807, 2.05) is 65.3 Å². The molecule has 2 amide bonds. The van der Waals surface area contributed by atoms with Crippen LogP contribution < -0.4 is 9.47 Å². The molecule has 2 saturated heterocycles. The summed E-state index contributed by atoms with van der Waals surface area (Å²) in [4.78, 5) is 29.4. The number of nitrogens with zero attached hydrogens (tertiary/aromatic N) is 2. The molecule has 0 N–H and O–H groups in total. The summed E-state index contributed by atoms with van der Waals surface area (Å²) in [5.41, 5.74) is 1.29. The van der Waals surface area contributed by atoms with Crippen LogP contribution in [0, 0.1) is 0 Å². The summed E-state index contributed by atoms with van der Waals surface area (Å²) in [6, 6.07) is 14.8. The molecule has 1 atom stereocenters. The maximum absolute atomic E-state index is 13.2. The van der Waals surface area contributed by atoms with Crippen LogP contribution >= 0.6 is 0 Å². The number of hydrogen-bond donors (Lipinski definition) is 0. The number of carbonyl (C=O) groups is 2. The second-order valence-electron chi connectivity index (χ2n) is 8.06. The Labute approximate surface area is 183 Å². The predicted octanol–water partition coefficient (Wildman–Crippen LogP) is 4.00. The van der Waals surface area contributed by atoms with E-state index in [1.54, 1.807) is 0 Å². The largest absolute Gasteiger partial charge is 0.493 e. The van der Waals surface area contributed by atoms with Crippen LogP contribution in [0.25, 0.3) is 0 Å². The van der Waals surface area contributed by atoms with Crippen molar-refractivity contribution < 1.29 is 19.1 Å². The van der Waals surface area contributed by atoms with Crippen molar-refractivity contribution in [3.63, 3.8) is 0 Å². The minimum atomic E-state index is -0.0123. The van der Waals surface area contributed by atoms with Gasteiger partial charge >= 0.3 is 0 Å². The van der Waals surface area contributed by atoms with E-state index < -0.39 is 0 Å². The Hall–Kier alpha value is -3.02. The summed E-state index contributed by atoms with van der Waals surface area (Å²) in [6.45, 7) is 5.27. The molecule has 2 aromatic carbocycles.